The molecule has 0 amide bonds. The third kappa shape index (κ3) is 2.93. The molecule has 0 spiro atoms. The summed E-state index contributed by atoms with van der Waals surface area (Å²) < 4.78 is 10.9. The molecule has 3 heteroatoms. The molecule has 2 atom stereocenters. The molecule has 3 nitrogen and oxygen atoms in total. The minimum absolute atomic E-state index is 0.446. The number of nitrogens with zero attached hydrogens (tertiary/aromatic N) is 1. The average molecular weight is 185 g/mol. The Bertz CT molecular complexity index is 159. The highest BCUT2D eigenvalue weighted by Gasteiger charge is 2.27. The monoisotopic (exact) mass is 185 g/mol. The van der Waals surface area contributed by atoms with E-state index in [-0.39, 0.29) is 0 Å². The van der Waals surface area contributed by atoms with Crippen LogP contribution in [0.15, 0.2) is 0 Å². The molecule has 0 aromatic carbocycles. The lowest BCUT2D eigenvalue weighted by atomic mass is 10.2. The summed E-state index contributed by atoms with van der Waals surface area (Å²) in [4.78, 5) is 2.48. The topological polar surface area (TPSA) is 25.0 Å². The summed E-state index contributed by atoms with van der Waals surface area (Å²) in [6.45, 7) is 7.48. The first kappa shape index (κ1) is 9.44. The summed E-state index contributed by atoms with van der Waals surface area (Å²) in [5.74, 6) is 0. The molecule has 0 aliphatic carbocycles. The van der Waals surface area contributed by atoms with Crippen molar-refractivity contribution in [1.29, 1.82) is 0 Å². The average Bonchev–Trinajstić information content (AvgIpc) is 2.93. The van der Waals surface area contributed by atoms with Gasteiger partial charge in [0.2, 0.25) is 0 Å². The number of rotatable bonds is 3. The van der Waals surface area contributed by atoms with Crippen LogP contribution in [-0.2, 0) is 9.47 Å². The van der Waals surface area contributed by atoms with Gasteiger partial charge in [-0.15, -0.1) is 0 Å². The van der Waals surface area contributed by atoms with Crippen LogP contribution in [0.4, 0.5) is 0 Å². The highest BCUT2D eigenvalue weighted by molar-refractivity contribution is 4.77. The SMILES string of the molecule is CCC1CN(C[C@H]2CO2)CCCO1. The Kier molecular flexibility index (Phi) is 3.19. The van der Waals surface area contributed by atoms with Crippen LogP contribution < -0.4 is 0 Å². The van der Waals surface area contributed by atoms with E-state index >= 15 is 0 Å². The van der Waals surface area contributed by atoms with Crippen molar-refractivity contribution in [1.82, 2.24) is 4.90 Å². The lowest BCUT2D eigenvalue weighted by Gasteiger charge is -2.21. The normalized spacial score (nSPS) is 35.8. The largest absolute Gasteiger partial charge is 0.377 e. The van der Waals surface area contributed by atoms with Crippen LogP contribution in [0.25, 0.3) is 0 Å². The lowest BCUT2D eigenvalue weighted by Crippen LogP contribution is -2.34. The van der Waals surface area contributed by atoms with E-state index in [0.717, 1.165) is 32.7 Å². The van der Waals surface area contributed by atoms with Gasteiger partial charge in [-0.3, -0.25) is 4.90 Å². The summed E-state index contributed by atoms with van der Waals surface area (Å²) in [5, 5.41) is 0. The molecule has 76 valence electrons. The molecule has 2 aliphatic rings. The van der Waals surface area contributed by atoms with Gasteiger partial charge in [0, 0.05) is 26.2 Å². The summed E-state index contributed by atoms with van der Waals surface area (Å²) in [6.07, 6.45) is 3.27. The highest BCUT2D eigenvalue weighted by Crippen LogP contribution is 2.14. The third-order valence-corrected chi connectivity index (χ3v) is 2.75. The maximum absolute atomic E-state index is 5.70. The Balaban J connectivity index is 1.78. The van der Waals surface area contributed by atoms with Crippen LogP contribution in [-0.4, -0.2) is 50.0 Å². The van der Waals surface area contributed by atoms with Gasteiger partial charge in [-0.2, -0.15) is 0 Å². The van der Waals surface area contributed by atoms with Gasteiger partial charge in [0.15, 0.2) is 0 Å². The van der Waals surface area contributed by atoms with Crippen molar-refractivity contribution in [2.45, 2.75) is 32.0 Å². The van der Waals surface area contributed by atoms with Crippen molar-refractivity contribution in [2.24, 2.45) is 0 Å². The second-order valence-electron chi connectivity index (χ2n) is 3.97. The molecular formula is C10H19NO2. The fourth-order valence-electron chi connectivity index (χ4n) is 1.84. The van der Waals surface area contributed by atoms with Gasteiger partial charge in [0.1, 0.15) is 0 Å². The van der Waals surface area contributed by atoms with Gasteiger partial charge < -0.3 is 9.47 Å². The maximum atomic E-state index is 5.70. The minimum Gasteiger partial charge on any atom is -0.377 e. The Labute approximate surface area is 80.0 Å². The van der Waals surface area contributed by atoms with Gasteiger partial charge in [0.25, 0.3) is 0 Å². The molecule has 2 fully saturated rings. The van der Waals surface area contributed by atoms with E-state index in [9.17, 15) is 0 Å². The fourth-order valence-corrected chi connectivity index (χ4v) is 1.84. The summed E-state index contributed by atoms with van der Waals surface area (Å²) in [6, 6.07) is 0. The van der Waals surface area contributed by atoms with E-state index in [2.05, 4.69) is 11.8 Å². The molecule has 13 heavy (non-hydrogen) atoms. The van der Waals surface area contributed by atoms with Crippen molar-refractivity contribution < 1.29 is 9.47 Å². The predicted octanol–water partition coefficient (Wildman–Crippen LogP) is 0.886. The van der Waals surface area contributed by atoms with Crippen LogP contribution in [0.1, 0.15) is 19.8 Å². The second kappa shape index (κ2) is 4.40. The van der Waals surface area contributed by atoms with Crippen LogP contribution in [0.5, 0.6) is 0 Å². The smallest absolute Gasteiger partial charge is 0.0936 e. The predicted molar refractivity (Wildman–Crippen MR) is 50.8 cm³/mol. The van der Waals surface area contributed by atoms with Gasteiger partial charge >= 0.3 is 0 Å². The Morgan fingerprint density at radius 3 is 2.85 bits per heavy atom. The van der Waals surface area contributed by atoms with E-state index in [4.69, 9.17) is 9.47 Å². The molecule has 2 aliphatic heterocycles. The van der Waals surface area contributed by atoms with Crippen LogP contribution in [0, 0.1) is 0 Å². The molecule has 0 aromatic heterocycles. The highest BCUT2D eigenvalue weighted by atomic mass is 16.6. The molecule has 0 radical (unpaired) electrons. The van der Waals surface area contributed by atoms with E-state index in [0.29, 0.717) is 12.2 Å². The summed E-state index contributed by atoms with van der Waals surface area (Å²) in [5.41, 5.74) is 0. The summed E-state index contributed by atoms with van der Waals surface area (Å²) >= 11 is 0. The maximum Gasteiger partial charge on any atom is 0.0936 e. The fraction of sp³-hybridized carbons (Fsp3) is 1.00. The lowest BCUT2D eigenvalue weighted by molar-refractivity contribution is 0.0511. The zero-order chi connectivity index (χ0) is 9.10. The molecule has 0 saturated carbocycles. The van der Waals surface area contributed by atoms with Gasteiger partial charge in [-0.25, -0.2) is 0 Å². The zero-order valence-corrected chi connectivity index (χ0v) is 8.37. The second-order valence-corrected chi connectivity index (χ2v) is 3.97. The van der Waals surface area contributed by atoms with E-state index in [1.54, 1.807) is 0 Å². The first-order chi connectivity index (χ1) is 6.38. The number of hydrogen-bond donors (Lipinski definition) is 0. The minimum atomic E-state index is 0.446. The van der Waals surface area contributed by atoms with E-state index in [1.807, 2.05) is 0 Å². The van der Waals surface area contributed by atoms with Crippen molar-refractivity contribution in [3.63, 3.8) is 0 Å². The van der Waals surface area contributed by atoms with Gasteiger partial charge in [-0.05, 0) is 12.8 Å². The zero-order valence-electron chi connectivity index (χ0n) is 8.37. The number of ether oxygens (including phenoxy) is 2. The van der Waals surface area contributed by atoms with Crippen LogP contribution >= 0.6 is 0 Å². The van der Waals surface area contributed by atoms with Gasteiger partial charge in [0.05, 0.1) is 18.8 Å². The number of epoxide rings is 1. The Morgan fingerprint density at radius 2 is 2.15 bits per heavy atom. The molecule has 2 rings (SSSR count). The third-order valence-electron chi connectivity index (χ3n) is 2.75. The van der Waals surface area contributed by atoms with Crippen LogP contribution in [0.2, 0.25) is 0 Å². The first-order valence-electron chi connectivity index (χ1n) is 5.34. The quantitative estimate of drug-likeness (QED) is 0.610. The van der Waals surface area contributed by atoms with Crippen molar-refractivity contribution in [3.8, 4) is 0 Å². The van der Waals surface area contributed by atoms with Crippen molar-refractivity contribution in [3.05, 3.63) is 0 Å². The molecular weight excluding hydrogens is 166 g/mol. The first-order valence-corrected chi connectivity index (χ1v) is 5.34. The Morgan fingerprint density at radius 1 is 1.31 bits per heavy atom. The molecule has 1 unspecified atom stereocenters. The standard InChI is InChI=1S/C10H19NO2/c1-2-9-6-11(4-3-5-12-9)7-10-8-13-10/h9-10H,2-8H2,1H3/t9?,10-/m0/s1. The van der Waals surface area contributed by atoms with E-state index < -0.39 is 0 Å². The Hall–Kier alpha value is -0.120. The van der Waals surface area contributed by atoms with Gasteiger partial charge in [-0.1, -0.05) is 6.92 Å². The van der Waals surface area contributed by atoms with Crippen molar-refractivity contribution in [2.75, 3.05) is 32.8 Å². The van der Waals surface area contributed by atoms with Crippen molar-refractivity contribution >= 4 is 0 Å². The molecule has 2 saturated heterocycles. The summed E-state index contributed by atoms with van der Waals surface area (Å²) in [7, 11) is 0. The number of hydrogen-bond acceptors (Lipinski definition) is 3. The molecule has 0 bridgehead atoms. The molecule has 0 N–H and O–H groups in total. The molecule has 0 aromatic rings. The van der Waals surface area contributed by atoms with E-state index in [1.165, 1.54) is 13.0 Å². The molecule has 2 heterocycles. The van der Waals surface area contributed by atoms with Crippen LogP contribution in [0.3, 0.4) is 0 Å².